The molecule has 1 saturated carbocycles. The molecule has 2 fully saturated rings. The van der Waals surface area contributed by atoms with E-state index in [1.807, 2.05) is 27.7 Å². The van der Waals surface area contributed by atoms with Crippen molar-refractivity contribution in [2.24, 2.45) is 17.8 Å². The Morgan fingerprint density at radius 1 is 1.41 bits per heavy atom. The Morgan fingerprint density at radius 2 is 2.06 bits per heavy atom. The Morgan fingerprint density at radius 3 is 2.59 bits per heavy atom. The van der Waals surface area contributed by atoms with E-state index in [4.69, 9.17) is 4.74 Å². The number of aliphatic hydroxyl groups excluding tert-OH is 1. The summed E-state index contributed by atoms with van der Waals surface area (Å²) >= 11 is 0. The second-order valence-corrected chi connectivity index (χ2v) is 6.36. The Hall–Kier alpha value is -0.770. The van der Waals surface area contributed by atoms with Crippen LogP contribution in [0.25, 0.3) is 0 Å². The summed E-state index contributed by atoms with van der Waals surface area (Å²) in [6.07, 6.45) is 0.537. The van der Waals surface area contributed by atoms with Crippen molar-refractivity contribution in [1.82, 2.24) is 4.90 Å². The fourth-order valence-corrected chi connectivity index (χ4v) is 3.00. The van der Waals surface area contributed by atoms with Gasteiger partial charge in [0.2, 0.25) is 0 Å². The quantitative estimate of drug-likeness (QED) is 0.762. The Balaban J connectivity index is 1.87. The number of aliphatic hydroxyl groups is 1. The number of rotatable bonds is 1. The van der Waals surface area contributed by atoms with E-state index in [1.165, 1.54) is 0 Å². The molecule has 4 atom stereocenters. The van der Waals surface area contributed by atoms with Crippen LogP contribution in [0.3, 0.4) is 0 Å². The molecule has 1 aliphatic heterocycles. The topological polar surface area (TPSA) is 49.8 Å². The first-order valence-electron chi connectivity index (χ1n) is 6.45. The van der Waals surface area contributed by atoms with Crippen LogP contribution in [0.15, 0.2) is 0 Å². The predicted molar refractivity (Wildman–Crippen MR) is 64.6 cm³/mol. The minimum Gasteiger partial charge on any atom is -0.444 e. The number of amides is 1. The minimum absolute atomic E-state index is 0.216. The number of carbonyl (C=O) groups is 1. The molecular weight excluding hydrogens is 218 g/mol. The normalized spacial score (nSPS) is 33.9. The van der Waals surface area contributed by atoms with Gasteiger partial charge >= 0.3 is 6.09 Å². The zero-order valence-electron chi connectivity index (χ0n) is 11.1. The van der Waals surface area contributed by atoms with Gasteiger partial charge in [-0.3, -0.25) is 0 Å². The van der Waals surface area contributed by atoms with E-state index in [0.717, 1.165) is 19.5 Å². The fourth-order valence-electron chi connectivity index (χ4n) is 3.00. The number of nitrogens with zero attached hydrogens (tertiary/aromatic N) is 1. The highest BCUT2D eigenvalue weighted by molar-refractivity contribution is 5.68. The summed E-state index contributed by atoms with van der Waals surface area (Å²) in [4.78, 5) is 13.7. The monoisotopic (exact) mass is 241 g/mol. The molecule has 98 valence electrons. The van der Waals surface area contributed by atoms with Gasteiger partial charge in [-0.2, -0.15) is 0 Å². The van der Waals surface area contributed by atoms with Gasteiger partial charge < -0.3 is 14.7 Å². The van der Waals surface area contributed by atoms with Crippen molar-refractivity contribution in [2.45, 2.75) is 45.8 Å². The van der Waals surface area contributed by atoms with E-state index in [2.05, 4.69) is 0 Å². The van der Waals surface area contributed by atoms with Gasteiger partial charge in [-0.05, 0) is 51.9 Å². The van der Waals surface area contributed by atoms with Gasteiger partial charge in [0.05, 0.1) is 6.10 Å². The van der Waals surface area contributed by atoms with Crippen molar-refractivity contribution in [3.63, 3.8) is 0 Å². The van der Waals surface area contributed by atoms with E-state index in [0.29, 0.717) is 17.8 Å². The number of hydrogen-bond donors (Lipinski definition) is 1. The lowest BCUT2D eigenvalue weighted by Crippen LogP contribution is -2.40. The van der Waals surface area contributed by atoms with Crippen LogP contribution in [-0.2, 0) is 4.74 Å². The van der Waals surface area contributed by atoms with E-state index < -0.39 is 5.60 Å². The highest BCUT2D eigenvalue weighted by Gasteiger charge is 2.55. The average Bonchev–Trinajstić information content (AvgIpc) is 2.87. The molecule has 1 N–H and O–H groups in total. The molecule has 1 saturated heterocycles. The molecule has 0 radical (unpaired) electrons. The molecule has 0 aromatic carbocycles. The number of piperidine rings is 1. The molecular formula is C13H23NO3. The maximum Gasteiger partial charge on any atom is 0.410 e. The Kier molecular flexibility index (Phi) is 3.10. The van der Waals surface area contributed by atoms with Crippen LogP contribution >= 0.6 is 0 Å². The SMILES string of the molecule is CC(O)C1C2CCN(C(=O)OC(C)(C)C)CC21. The molecule has 0 bridgehead atoms. The molecule has 17 heavy (non-hydrogen) atoms. The largest absolute Gasteiger partial charge is 0.444 e. The molecule has 4 unspecified atom stereocenters. The van der Waals surface area contributed by atoms with Gasteiger partial charge in [-0.15, -0.1) is 0 Å². The molecule has 1 aliphatic carbocycles. The molecule has 0 aromatic rings. The fraction of sp³-hybridized carbons (Fsp3) is 0.923. The summed E-state index contributed by atoms with van der Waals surface area (Å²) < 4.78 is 5.36. The Bertz CT molecular complexity index is 308. The van der Waals surface area contributed by atoms with Crippen LogP contribution in [-0.4, -0.2) is 40.9 Å². The van der Waals surface area contributed by atoms with E-state index >= 15 is 0 Å². The number of likely N-dealkylation sites (tertiary alicyclic amines) is 1. The van der Waals surface area contributed by atoms with Crippen LogP contribution in [0.4, 0.5) is 4.79 Å². The lowest BCUT2D eigenvalue weighted by molar-refractivity contribution is 0.0205. The zero-order valence-corrected chi connectivity index (χ0v) is 11.1. The van der Waals surface area contributed by atoms with Crippen molar-refractivity contribution < 1.29 is 14.6 Å². The van der Waals surface area contributed by atoms with Crippen LogP contribution in [0, 0.1) is 17.8 Å². The number of fused-ring (bicyclic) bond motifs is 1. The first-order chi connectivity index (χ1) is 7.79. The molecule has 2 rings (SSSR count). The van der Waals surface area contributed by atoms with Crippen molar-refractivity contribution in [3.8, 4) is 0 Å². The van der Waals surface area contributed by atoms with Gasteiger partial charge in [0, 0.05) is 13.1 Å². The van der Waals surface area contributed by atoms with E-state index in [-0.39, 0.29) is 12.2 Å². The standard InChI is InChI=1S/C13H23NO3/c1-8(15)11-9-5-6-14(7-10(9)11)12(16)17-13(2,3)4/h8-11,15H,5-7H2,1-4H3. The first-order valence-corrected chi connectivity index (χ1v) is 6.45. The number of carbonyl (C=O) groups excluding carboxylic acids is 1. The van der Waals surface area contributed by atoms with Gasteiger partial charge in [0.15, 0.2) is 0 Å². The summed E-state index contributed by atoms with van der Waals surface area (Å²) in [5.74, 6) is 1.49. The second kappa shape index (κ2) is 4.16. The highest BCUT2D eigenvalue weighted by atomic mass is 16.6. The second-order valence-electron chi connectivity index (χ2n) is 6.36. The third-order valence-corrected chi connectivity index (χ3v) is 3.77. The van der Waals surface area contributed by atoms with Crippen molar-refractivity contribution in [1.29, 1.82) is 0 Å². The summed E-state index contributed by atoms with van der Waals surface area (Å²) in [5.41, 5.74) is -0.429. The third-order valence-electron chi connectivity index (χ3n) is 3.77. The van der Waals surface area contributed by atoms with Crippen LogP contribution in [0.1, 0.15) is 34.1 Å². The lowest BCUT2D eigenvalue weighted by Gasteiger charge is -2.29. The average molecular weight is 241 g/mol. The molecule has 4 heteroatoms. The molecule has 0 aromatic heterocycles. The van der Waals surface area contributed by atoms with Crippen molar-refractivity contribution in [2.75, 3.05) is 13.1 Å². The lowest BCUT2D eigenvalue weighted by atomic mass is 10.1. The van der Waals surface area contributed by atoms with Crippen LogP contribution in [0.5, 0.6) is 0 Å². The maximum atomic E-state index is 11.9. The van der Waals surface area contributed by atoms with Gasteiger partial charge in [0.1, 0.15) is 5.60 Å². The minimum atomic E-state index is -0.429. The van der Waals surface area contributed by atoms with Crippen LogP contribution < -0.4 is 0 Å². The molecule has 4 nitrogen and oxygen atoms in total. The summed E-state index contributed by atoms with van der Waals surface area (Å²) in [6.45, 7) is 9.00. The van der Waals surface area contributed by atoms with Gasteiger partial charge in [-0.25, -0.2) is 4.79 Å². The van der Waals surface area contributed by atoms with E-state index in [9.17, 15) is 9.90 Å². The smallest absolute Gasteiger partial charge is 0.410 e. The summed E-state index contributed by atoms with van der Waals surface area (Å²) in [5, 5.41) is 9.60. The highest BCUT2D eigenvalue weighted by Crippen LogP contribution is 2.53. The number of hydrogen-bond acceptors (Lipinski definition) is 3. The van der Waals surface area contributed by atoms with Gasteiger partial charge in [-0.1, -0.05) is 0 Å². The first kappa shape index (κ1) is 12.7. The van der Waals surface area contributed by atoms with Crippen molar-refractivity contribution in [3.05, 3.63) is 0 Å². The van der Waals surface area contributed by atoms with E-state index in [1.54, 1.807) is 4.90 Å². The third kappa shape index (κ3) is 2.73. The molecule has 1 amide bonds. The Labute approximate surface area is 103 Å². The zero-order chi connectivity index (χ0) is 12.8. The maximum absolute atomic E-state index is 11.9. The predicted octanol–water partition coefficient (Wildman–Crippen LogP) is 1.87. The summed E-state index contributed by atoms with van der Waals surface area (Å²) in [6, 6.07) is 0. The summed E-state index contributed by atoms with van der Waals surface area (Å²) in [7, 11) is 0. The number of ether oxygens (including phenoxy) is 1. The van der Waals surface area contributed by atoms with Gasteiger partial charge in [0.25, 0.3) is 0 Å². The van der Waals surface area contributed by atoms with Crippen molar-refractivity contribution >= 4 is 6.09 Å². The molecule has 0 spiro atoms. The molecule has 1 heterocycles. The van der Waals surface area contributed by atoms with Crippen LogP contribution in [0.2, 0.25) is 0 Å². The molecule has 2 aliphatic rings.